The molecular formula is C16H25N3O4. The first kappa shape index (κ1) is 17.4. The minimum atomic E-state index is -1.23. The van der Waals surface area contributed by atoms with Gasteiger partial charge in [-0.1, -0.05) is 31.3 Å². The molecule has 7 heteroatoms. The average Bonchev–Trinajstić information content (AvgIpc) is 3.16. The Morgan fingerprint density at radius 1 is 1.39 bits per heavy atom. The standard InChI is InChI=1S/C16H25N3O4/c1-3-10-16(2,15(21)22)18-12(20)8-9-13-17-14(19-23-13)11-6-4-5-7-11/h11H,3-10H2,1-2H3,(H,18,20)(H,21,22). The average molecular weight is 323 g/mol. The van der Waals surface area contributed by atoms with Gasteiger partial charge in [0.25, 0.3) is 0 Å². The van der Waals surface area contributed by atoms with Gasteiger partial charge < -0.3 is 14.9 Å². The van der Waals surface area contributed by atoms with Gasteiger partial charge in [0.2, 0.25) is 11.8 Å². The SMILES string of the molecule is CCCC(C)(NC(=O)CCc1nc(C2CCCC2)no1)C(=O)O. The second-order valence-corrected chi connectivity index (χ2v) is 6.46. The Labute approximate surface area is 135 Å². The van der Waals surface area contributed by atoms with Crippen molar-refractivity contribution in [3.05, 3.63) is 11.7 Å². The van der Waals surface area contributed by atoms with Crippen molar-refractivity contribution < 1.29 is 19.2 Å². The normalized spacial score (nSPS) is 17.8. The number of amides is 1. The molecule has 23 heavy (non-hydrogen) atoms. The van der Waals surface area contributed by atoms with Gasteiger partial charge in [0.15, 0.2) is 5.82 Å². The Bertz CT molecular complexity index is 551. The zero-order valence-electron chi connectivity index (χ0n) is 13.8. The van der Waals surface area contributed by atoms with Gasteiger partial charge in [0.05, 0.1) is 0 Å². The van der Waals surface area contributed by atoms with E-state index in [1.165, 1.54) is 19.8 Å². The van der Waals surface area contributed by atoms with E-state index in [9.17, 15) is 14.7 Å². The summed E-state index contributed by atoms with van der Waals surface area (Å²) in [4.78, 5) is 27.7. The fourth-order valence-electron chi connectivity index (χ4n) is 3.03. The van der Waals surface area contributed by atoms with Crippen molar-refractivity contribution in [1.29, 1.82) is 0 Å². The highest BCUT2D eigenvalue weighted by atomic mass is 16.5. The summed E-state index contributed by atoms with van der Waals surface area (Å²) < 4.78 is 5.20. The van der Waals surface area contributed by atoms with Gasteiger partial charge in [-0.05, 0) is 26.2 Å². The summed E-state index contributed by atoms with van der Waals surface area (Å²) in [5.41, 5.74) is -1.23. The Balaban J connectivity index is 1.85. The van der Waals surface area contributed by atoms with Crippen LogP contribution in [0.4, 0.5) is 0 Å². The minimum Gasteiger partial charge on any atom is -0.480 e. The molecule has 1 aliphatic rings. The lowest BCUT2D eigenvalue weighted by molar-refractivity contribution is -0.147. The molecule has 1 amide bonds. The highest BCUT2D eigenvalue weighted by Crippen LogP contribution is 2.32. The molecule has 0 aromatic carbocycles. The molecule has 0 spiro atoms. The molecule has 1 fully saturated rings. The number of carbonyl (C=O) groups is 2. The van der Waals surface area contributed by atoms with Crippen molar-refractivity contribution >= 4 is 11.9 Å². The monoisotopic (exact) mass is 323 g/mol. The molecule has 2 rings (SSSR count). The van der Waals surface area contributed by atoms with Crippen molar-refractivity contribution in [1.82, 2.24) is 15.5 Å². The van der Waals surface area contributed by atoms with Gasteiger partial charge in [-0.15, -0.1) is 0 Å². The van der Waals surface area contributed by atoms with Gasteiger partial charge in [-0.25, -0.2) is 4.79 Å². The third kappa shape index (κ3) is 4.53. The summed E-state index contributed by atoms with van der Waals surface area (Å²) in [6, 6.07) is 0. The third-order valence-electron chi connectivity index (χ3n) is 4.41. The van der Waals surface area contributed by atoms with Crippen molar-refractivity contribution in [3.63, 3.8) is 0 Å². The van der Waals surface area contributed by atoms with E-state index in [2.05, 4.69) is 15.5 Å². The highest BCUT2D eigenvalue weighted by Gasteiger charge is 2.33. The van der Waals surface area contributed by atoms with E-state index in [0.29, 0.717) is 31.1 Å². The van der Waals surface area contributed by atoms with Crippen LogP contribution in [0.5, 0.6) is 0 Å². The summed E-state index contributed by atoms with van der Waals surface area (Å²) in [6.07, 6.45) is 6.11. The molecule has 0 bridgehead atoms. The lowest BCUT2D eigenvalue weighted by Gasteiger charge is -2.25. The largest absolute Gasteiger partial charge is 0.480 e. The number of nitrogens with zero attached hydrogens (tertiary/aromatic N) is 2. The highest BCUT2D eigenvalue weighted by molar-refractivity contribution is 5.86. The van der Waals surface area contributed by atoms with Gasteiger partial charge in [-0.3, -0.25) is 4.79 Å². The van der Waals surface area contributed by atoms with Crippen LogP contribution in [0.25, 0.3) is 0 Å². The smallest absolute Gasteiger partial charge is 0.329 e. The van der Waals surface area contributed by atoms with Crippen LogP contribution in [0.15, 0.2) is 4.52 Å². The number of aliphatic carboxylic acids is 1. The minimum absolute atomic E-state index is 0.138. The Morgan fingerprint density at radius 2 is 2.09 bits per heavy atom. The Morgan fingerprint density at radius 3 is 2.70 bits per heavy atom. The fourth-order valence-corrected chi connectivity index (χ4v) is 3.03. The summed E-state index contributed by atoms with van der Waals surface area (Å²) in [7, 11) is 0. The van der Waals surface area contributed by atoms with E-state index in [1.54, 1.807) is 0 Å². The van der Waals surface area contributed by atoms with Crippen LogP contribution in [-0.2, 0) is 16.0 Å². The van der Waals surface area contributed by atoms with Crippen LogP contribution in [-0.4, -0.2) is 32.7 Å². The number of hydrogen-bond donors (Lipinski definition) is 2. The first-order valence-electron chi connectivity index (χ1n) is 8.31. The summed E-state index contributed by atoms with van der Waals surface area (Å²) >= 11 is 0. The number of carboxylic acid groups (broad SMARTS) is 1. The maximum atomic E-state index is 12.0. The van der Waals surface area contributed by atoms with Gasteiger partial charge in [0.1, 0.15) is 5.54 Å². The molecule has 1 aromatic rings. The van der Waals surface area contributed by atoms with E-state index >= 15 is 0 Å². The predicted molar refractivity (Wildman–Crippen MR) is 82.9 cm³/mol. The molecule has 1 aromatic heterocycles. The number of rotatable bonds is 8. The Kier molecular flexibility index (Phi) is 5.74. The third-order valence-corrected chi connectivity index (χ3v) is 4.41. The first-order chi connectivity index (χ1) is 10.9. The predicted octanol–water partition coefficient (Wildman–Crippen LogP) is 2.42. The second kappa shape index (κ2) is 7.57. The van der Waals surface area contributed by atoms with Crippen molar-refractivity contribution in [2.75, 3.05) is 0 Å². The lowest BCUT2D eigenvalue weighted by Crippen LogP contribution is -2.52. The van der Waals surface area contributed by atoms with E-state index in [1.807, 2.05) is 6.92 Å². The van der Waals surface area contributed by atoms with Crippen LogP contribution in [0.1, 0.15) is 76.4 Å². The molecule has 0 saturated heterocycles. The van der Waals surface area contributed by atoms with Crippen LogP contribution in [0.2, 0.25) is 0 Å². The van der Waals surface area contributed by atoms with E-state index < -0.39 is 11.5 Å². The first-order valence-corrected chi connectivity index (χ1v) is 8.31. The van der Waals surface area contributed by atoms with Gasteiger partial charge >= 0.3 is 5.97 Å². The van der Waals surface area contributed by atoms with E-state index in [0.717, 1.165) is 18.7 Å². The van der Waals surface area contributed by atoms with E-state index in [4.69, 9.17) is 4.52 Å². The number of nitrogens with one attached hydrogen (secondary N) is 1. The van der Waals surface area contributed by atoms with Gasteiger partial charge in [-0.2, -0.15) is 4.98 Å². The molecule has 0 radical (unpaired) electrons. The van der Waals surface area contributed by atoms with Gasteiger partial charge in [0, 0.05) is 18.8 Å². The summed E-state index contributed by atoms with van der Waals surface area (Å²) in [5, 5.41) is 15.9. The number of aryl methyl sites for hydroxylation is 1. The summed E-state index contributed by atoms with van der Waals surface area (Å²) in [5.74, 6) is 0.216. The van der Waals surface area contributed by atoms with Crippen molar-refractivity contribution in [2.45, 2.75) is 76.7 Å². The second-order valence-electron chi connectivity index (χ2n) is 6.46. The Hall–Kier alpha value is -1.92. The zero-order chi connectivity index (χ0) is 16.9. The molecular weight excluding hydrogens is 298 g/mol. The molecule has 1 saturated carbocycles. The van der Waals surface area contributed by atoms with Crippen molar-refractivity contribution in [3.8, 4) is 0 Å². The zero-order valence-corrected chi connectivity index (χ0v) is 13.8. The molecule has 2 N–H and O–H groups in total. The van der Waals surface area contributed by atoms with Crippen LogP contribution in [0.3, 0.4) is 0 Å². The van der Waals surface area contributed by atoms with Crippen LogP contribution >= 0.6 is 0 Å². The molecule has 1 atom stereocenters. The molecule has 1 heterocycles. The number of carbonyl (C=O) groups excluding carboxylic acids is 1. The number of aromatic nitrogens is 2. The summed E-state index contributed by atoms with van der Waals surface area (Å²) in [6.45, 7) is 3.41. The number of carboxylic acids is 1. The molecule has 1 aliphatic carbocycles. The van der Waals surface area contributed by atoms with Crippen LogP contribution < -0.4 is 5.32 Å². The maximum Gasteiger partial charge on any atom is 0.329 e. The quantitative estimate of drug-likeness (QED) is 0.761. The molecule has 7 nitrogen and oxygen atoms in total. The molecule has 128 valence electrons. The maximum absolute atomic E-state index is 12.0. The number of hydrogen-bond acceptors (Lipinski definition) is 5. The molecule has 1 unspecified atom stereocenters. The topological polar surface area (TPSA) is 105 Å². The van der Waals surface area contributed by atoms with E-state index in [-0.39, 0.29) is 12.3 Å². The van der Waals surface area contributed by atoms with Crippen LogP contribution in [0, 0.1) is 0 Å². The fraction of sp³-hybridized carbons (Fsp3) is 0.750. The van der Waals surface area contributed by atoms with Crippen molar-refractivity contribution in [2.24, 2.45) is 0 Å². The molecule has 0 aliphatic heterocycles. The lowest BCUT2D eigenvalue weighted by atomic mass is 9.96.